The predicted octanol–water partition coefficient (Wildman–Crippen LogP) is 2.54. The molecule has 1 aliphatic carbocycles. The van der Waals surface area contributed by atoms with Crippen molar-refractivity contribution in [1.29, 1.82) is 0 Å². The van der Waals surface area contributed by atoms with Crippen LogP contribution in [0.1, 0.15) is 23.1 Å². The van der Waals surface area contributed by atoms with Gasteiger partial charge in [-0.3, -0.25) is 9.59 Å². The Morgan fingerprint density at radius 3 is 2.10 bits per heavy atom. The number of nitrogens with zero attached hydrogens (tertiary/aromatic N) is 1. The van der Waals surface area contributed by atoms with E-state index in [1.54, 1.807) is 13.1 Å². The lowest BCUT2D eigenvalue weighted by Gasteiger charge is -2.32. The molecule has 40 heavy (non-hydrogen) atoms. The summed E-state index contributed by atoms with van der Waals surface area (Å²) in [7, 11) is 1.58. The molecule has 1 heterocycles. The van der Waals surface area contributed by atoms with Crippen molar-refractivity contribution in [3.05, 3.63) is 119 Å². The minimum absolute atomic E-state index is 0.0592. The molecule has 3 aromatic rings. The second kappa shape index (κ2) is 12.1. The van der Waals surface area contributed by atoms with Crippen molar-refractivity contribution in [2.24, 2.45) is 0 Å². The summed E-state index contributed by atoms with van der Waals surface area (Å²) < 4.78 is 13.1. The number of rotatable bonds is 9. The highest BCUT2D eigenvalue weighted by atomic mass is 16.8. The predicted molar refractivity (Wildman–Crippen MR) is 149 cm³/mol. The minimum atomic E-state index is -1.25. The quantitative estimate of drug-likeness (QED) is 0.384. The average Bonchev–Trinajstić information content (AvgIpc) is 3.41. The monoisotopic (exact) mass is 542 g/mol. The molecule has 1 fully saturated rings. The van der Waals surface area contributed by atoms with Gasteiger partial charge in [-0.25, -0.2) is 0 Å². The van der Waals surface area contributed by atoms with E-state index < -0.39 is 30.1 Å². The average molecular weight is 543 g/mol. The summed E-state index contributed by atoms with van der Waals surface area (Å²) in [5, 5.41) is 23.1. The Bertz CT molecular complexity index is 1290. The SMILES string of the molecule is CN(C(=O)C1=CC2OC(c3ccccc3)(c3ccccc3)OC2C(O)C1)C(Cc1ccccc1)C(=O)NCCO. The molecule has 0 bridgehead atoms. The molecule has 208 valence electrons. The van der Waals surface area contributed by atoms with Crippen LogP contribution < -0.4 is 5.32 Å². The highest BCUT2D eigenvalue weighted by Crippen LogP contribution is 2.46. The summed E-state index contributed by atoms with van der Waals surface area (Å²) in [5.74, 6) is -1.99. The molecule has 2 amide bonds. The third-order valence-electron chi connectivity index (χ3n) is 7.46. The van der Waals surface area contributed by atoms with Gasteiger partial charge in [0.15, 0.2) is 0 Å². The first-order valence-electron chi connectivity index (χ1n) is 13.5. The number of hydrogen-bond acceptors (Lipinski definition) is 6. The smallest absolute Gasteiger partial charge is 0.250 e. The van der Waals surface area contributed by atoms with E-state index in [2.05, 4.69) is 5.32 Å². The van der Waals surface area contributed by atoms with E-state index in [9.17, 15) is 19.8 Å². The largest absolute Gasteiger partial charge is 0.395 e. The molecule has 8 nitrogen and oxygen atoms in total. The van der Waals surface area contributed by atoms with Gasteiger partial charge >= 0.3 is 0 Å². The molecule has 4 atom stereocenters. The van der Waals surface area contributed by atoms with Crippen LogP contribution in [0.25, 0.3) is 0 Å². The van der Waals surface area contributed by atoms with E-state index in [-0.39, 0.29) is 31.4 Å². The van der Waals surface area contributed by atoms with Crippen LogP contribution in [0.4, 0.5) is 0 Å². The lowest BCUT2D eigenvalue weighted by atomic mass is 9.91. The van der Waals surface area contributed by atoms with Crippen LogP contribution in [-0.2, 0) is 31.3 Å². The Hall–Kier alpha value is -3.82. The number of aliphatic hydroxyl groups excluding tert-OH is 2. The van der Waals surface area contributed by atoms with Gasteiger partial charge in [0.05, 0.1) is 12.7 Å². The number of amides is 2. The van der Waals surface area contributed by atoms with Gasteiger partial charge in [0, 0.05) is 43.1 Å². The van der Waals surface area contributed by atoms with Gasteiger partial charge in [-0.15, -0.1) is 0 Å². The van der Waals surface area contributed by atoms with Crippen molar-refractivity contribution < 1.29 is 29.3 Å². The third-order valence-corrected chi connectivity index (χ3v) is 7.46. The molecule has 8 heteroatoms. The third kappa shape index (κ3) is 5.57. The summed E-state index contributed by atoms with van der Waals surface area (Å²) in [5.41, 5.74) is 2.81. The van der Waals surface area contributed by atoms with Gasteiger partial charge in [-0.1, -0.05) is 91.0 Å². The van der Waals surface area contributed by atoms with Crippen molar-refractivity contribution >= 4 is 11.8 Å². The molecule has 0 spiro atoms. The number of ether oxygens (including phenoxy) is 2. The second-order valence-electron chi connectivity index (χ2n) is 10.1. The molecule has 1 aliphatic heterocycles. The fourth-order valence-corrected chi connectivity index (χ4v) is 5.40. The molecule has 0 aromatic heterocycles. The Labute approximate surface area is 233 Å². The van der Waals surface area contributed by atoms with Crippen LogP contribution in [0.3, 0.4) is 0 Å². The number of aliphatic hydroxyl groups is 2. The summed E-state index contributed by atoms with van der Waals surface area (Å²) in [6.45, 7) is -0.118. The second-order valence-corrected chi connectivity index (χ2v) is 10.1. The lowest BCUT2D eigenvalue weighted by Crippen LogP contribution is -2.51. The molecular formula is C32H34N2O6. The number of benzene rings is 3. The van der Waals surface area contributed by atoms with Crippen molar-refractivity contribution in [3.8, 4) is 0 Å². The standard InChI is InChI=1S/C32H34N2O6/c1-34(26(30(37)33-17-18-35)19-22-11-5-2-6-12-22)31(38)23-20-27(36)29-28(21-23)39-32(40-29,24-13-7-3-8-14-24)25-15-9-4-10-16-25/h2-16,21,26-29,35-36H,17-20H2,1H3,(H,33,37). The van der Waals surface area contributed by atoms with Crippen LogP contribution in [0, 0.1) is 0 Å². The summed E-state index contributed by atoms with van der Waals surface area (Å²) in [6.07, 6.45) is -0.291. The van der Waals surface area contributed by atoms with Gasteiger partial charge in [0.25, 0.3) is 0 Å². The molecule has 0 saturated carbocycles. The molecule has 2 aliphatic rings. The summed E-state index contributed by atoms with van der Waals surface area (Å²) in [4.78, 5) is 28.2. The number of hydrogen-bond donors (Lipinski definition) is 3. The van der Waals surface area contributed by atoms with Crippen LogP contribution in [-0.4, -0.2) is 71.5 Å². The van der Waals surface area contributed by atoms with Crippen molar-refractivity contribution in [1.82, 2.24) is 10.2 Å². The highest BCUT2D eigenvalue weighted by Gasteiger charge is 2.53. The van der Waals surface area contributed by atoms with Crippen molar-refractivity contribution in [3.63, 3.8) is 0 Å². The Balaban J connectivity index is 1.43. The number of nitrogens with one attached hydrogen (secondary N) is 1. The minimum Gasteiger partial charge on any atom is -0.395 e. The maximum Gasteiger partial charge on any atom is 0.250 e. The van der Waals surface area contributed by atoms with Crippen LogP contribution in [0.5, 0.6) is 0 Å². The maximum absolute atomic E-state index is 13.8. The Kier molecular flexibility index (Phi) is 8.42. The fraction of sp³-hybridized carbons (Fsp3) is 0.312. The van der Waals surface area contributed by atoms with Gasteiger partial charge in [0.1, 0.15) is 18.2 Å². The zero-order valence-electron chi connectivity index (χ0n) is 22.4. The molecule has 3 aromatic carbocycles. The zero-order valence-corrected chi connectivity index (χ0v) is 22.4. The van der Waals surface area contributed by atoms with Crippen LogP contribution in [0.15, 0.2) is 103 Å². The normalized spacial score (nSPS) is 22.1. The maximum atomic E-state index is 13.8. The molecule has 4 unspecified atom stereocenters. The number of carbonyl (C=O) groups excluding carboxylic acids is 2. The molecule has 3 N–H and O–H groups in total. The zero-order chi connectivity index (χ0) is 28.1. The van der Waals surface area contributed by atoms with E-state index in [4.69, 9.17) is 9.47 Å². The van der Waals surface area contributed by atoms with Crippen LogP contribution >= 0.6 is 0 Å². The van der Waals surface area contributed by atoms with Gasteiger partial charge in [-0.05, 0) is 11.6 Å². The van der Waals surface area contributed by atoms with Crippen molar-refractivity contribution in [2.75, 3.05) is 20.2 Å². The molecule has 1 saturated heterocycles. The van der Waals surface area contributed by atoms with E-state index in [0.717, 1.165) is 16.7 Å². The molecule has 0 radical (unpaired) electrons. The highest BCUT2D eigenvalue weighted by molar-refractivity contribution is 5.97. The molecule has 5 rings (SSSR count). The first-order chi connectivity index (χ1) is 19.4. The number of likely N-dealkylation sites (N-methyl/N-ethyl adjacent to an activating group) is 1. The topological polar surface area (TPSA) is 108 Å². The van der Waals surface area contributed by atoms with E-state index >= 15 is 0 Å². The lowest BCUT2D eigenvalue weighted by molar-refractivity contribution is -0.156. The fourth-order valence-electron chi connectivity index (χ4n) is 5.40. The molecular weight excluding hydrogens is 508 g/mol. The van der Waals surface area contributed by atoms with E-state index in [0.29, 0.717) is 12.0 Å². The summed E-state index contributed by atoms with van der Waals surface area (Å²) in [6, 6.07) is 27.7. The van der Waals surface area contributed by atoms with Crippen molar-refractivity contribution in [2.45, 2.75) is 43.0 Å². The first-order valence-corrected chi connectivity index (χ1v) is 13.5. The van der Waals surface area contributed by atoms with Gasteiger partial charge in [0.2, 0.25) is 17.6 Å². The number of carbonyl (C=O) groups is 2. The van der Waals surface area contributed by atoms with Crippen LogP contribution in [0.2, 0.25) is 0 Å². The Morgan fingerprint density at radius 1 is 0.950 bits per heavy atom. The van der Waals surface area contributed by atoms with Gasteiger partial charge < -0.3 is 29.9 Å². The summed E-state index contributed by atoms with van der Waals surface area (Å²) >= 11 is 0. The Morgan fingerprint density at radius 2 is 1.52 bits per heavy atom. The number of fused-ring (bicyclic) bond motifs is 1. The first kappa shape index (κ1) is 27.7. The van der Waals surface area contributed by atoms with E-state index in [1.807, 2.05) is 91.0 Å². The van der Waals surface area contributed by atoms with E-state index in [1.165, 1.54) is 4.90 Å². The van der Waals surface area contributed by atoms with Gasteiger partial charge in [-0.2, -0.15) is 0 Å².